The summed E-state index contributed by atoms with van der Waals surface area (Å²) < 4.78 is 14.0. The number of nitrogens with one attached hydrogen (secondary N) is 2. The van der Waals surface area contributed by atoms with Crippen LogP contribution in [0.25, 0.3) is 16.3 Å². The van der Waals surface area contributed by atoms with Gasteiger partial charge in [-0.2, -0.15) is 0 Å². The molecule has 0 spiro atoms. The number of pyridine rings is 1. The molecule has 3 nitrogen and oxygen atoms in total. The van der Waals surface area contributed by atoms with Crippen LogP contribution in [-0.4, -0.2) is 18.2 Å². The second kappa shape index (κ2) is 4.96. The van der Waals surface area contributed by atoms with Gasteiger partial charge >= 0.3 is 0 Å². The summed E-state index contributed by atoms with van der Waals surface area (Å²) in [6.45, 7) is 1.83. The first-order valence-corrected chi connectivity index (χ1v) is 5.63. The predicted octanol–water partition coefficient (Wildman–Crippen LogP) is 3.47. The van der Waals surface area contributed by atoms with E-state index in [-0.39, 0.29) is 5.82 Å². The van der Waals surface area contributed by atoms with Crippen molar-refractivity contribution in [3.8, 4) is 0 Å². The molecule has 1 heterocycles. The molecule has 2 N–H and O–H groups in total. The Bertz CT molecular complexity index is 632. The zero-order valence-electron chi connectivity index (χ0n) is 10.3. The van der Waals surface area contributed by atoms with Gasteiger partial charge in [0.2, 0.25) is 0 Å². The molecule has 0 aliphatic carbocycles. The van der Waals surface area contributed by atoms with Gasteiger partial charge in [-0.15, -0.1) is 0 Å². The Balaban J connectivity index is 2.69. The van der Waals surface area contributed by atoms with Crippen molar-refractivity contribution in [2.24, 2.45) is 0 Å². The van der Waals surface area contributed by atoms with E-state index in [1.54, 1.807) is 19.2 Å². The number of fused-ring (bicyclic) bond motifs is 1. The molecule has 1 aromatic heterocycles. The molecule has 0 bridgehead atoms. The van der Waals surface area contributed by atoms with Gasteiger partial charge in [-0.1, -0.05) is 6.08 Å². The average molecular weight is 243 g/mol. The van der Waals surface area contributed by atoms with E-state index in [1.807, 2.05) is 13.0 Å². The lowest BCUT2D eigenvalue weighted by Crippen LogP contribution is -1.94. The molecule has 0 amide bonds. The zero-order valence-corrected chi connectivity index (χ0v) is 10.3. The Hall–Kier alpha value is -2.23. The number of allylic oxidation sites excluding steroid dienone is 2. The van der Waals surface area contributed by atoms with Crippen LogP contribution < -0.4 is 5.32 Å². The topological polar surface area (TPSA) is 48.8 Å². The summed E-state index contributed by atoms with van der Waals surface area (Å²) in [4.78, 5) is 4.09. The molecule has 4 heteroatoms. The lowest BCUT2D eigenvalue weighted by atomic mass is 10.0. The van der Waals surface area contributed by atoms with Gasteiger partial charge in [-0.25, -0.2) is 9.37 Å². The third kappa shape index (κ3) is 2.09. The number of aromatic nitrogens is 1. The zero-order chi connectivity index (χ0) is 13.1. The van der Waals surface area contributed by atoms with E-state index in [0.29, 0.717) is 22.3 Å². The quantitative estimate of drug-likeness (QED) is 0.811. The maximum atomic E-state index is 14.0. The van der Waals surface area contributed by atoms with Crippen molar-refractivity contribution in [2.75, 3.05) is 12.4 Å². The van der Waals surface area contributed by atoms with Crippen molar-refractivity contribution in [1.82, 2.24) is 4.98 Å². The highest BCUT2D eigenvalue weighted by Gasteiger charge is 2.07. The van der Waals surface area contributed by atoms with Gasteiger partial charge in [0.1, 0.15) is 11.6 Å². The molecular formula is C14H14FN3. The van der Waals surface area contributed by atoms with Crippen molar-refractivity contribution >= 4 is 28.4 Å². The molecule has 0 radical (unpaired) electrons. The van der Waals surface area contributed by atoms with Crippen LogP contribution in [0.1, 0.15) is 12.5 Å². The third-order valence-electron chi connectivity index (χ3n) is 2.84. The number of benzene rings is 1. The molecule has 0 atom stereocenters. The van der Waals surface area contributed by atoms with Crippen LogP contribution >= 0.6 is 0 Å². The molecule has 0 saturated heterocycles. The van der Waals surface area contributed by atoms with Gasteiger partial charge in [0.05, 0.1) is 0 Å². The van der Waals surface area contributed by atoms with Crippen LogP contribution in [0.15, 0.2) is 30.5 Å². The summed E-state index contributed by atoms with van der Waals surface area (Å²) in [7, 11) is 1.77. The summed E-state index contributed by atoms with van der Waals surface area (Å²) in [6.07, 6.45) is 4.52. The highest BCUT2D eigenvalue weighted by molar-refractivity contribution is 6.09. The Morgan fingerprint density at radius 3 is 2.78 bits per heavy atom. The van der Waals surface area contributed by atoms with Crippen molar-refractivity contribution in [1.29, 1.82) is 5.41 Å². The molecule has 0 aliphatic heterocycles. The highest BCUT2D eigenvalue weighted by Crippen LogP contribution is 2.24. The SMILES string of the molecule is C/C=C(\C=N)c1cc(F)c2cnc(NC)cc2c1. The predicted molar refractivity (Wildman–Crippen MR) is 73.7 cm³/mol. The maximum Gasteiger partial charge on any atom is 0.133 e. The molecule has 1 aromatic carbocycles. The lowest BCUT2D eigenvalue weighted by Gasteiger charge is -2.07. The average Bonchev–Trinajstić information content (AvgIpc) is 2.39. The van der Waals surface area contributed by atoms with Crippen molar-refractivity contribution in [3.63, 3.8) is 0 Å². The molecular weight excluding hydrogens is 229 g/mol. The number of rotatable bonds is 3. The number of hydrogen-bond donors (Lipinski definition) is 2. The highest BCUT2D eigenvalue weighted by atomic mass is 19.1. The fourth-order valence-corrected chi connectivity index (χ4v) is 1.85. The monoisotopic (exact) mass is 243 g/mol. The first-order chi connectivity index (χ1) is 8.69. The van der Waals surface area contributed by atoms with E-state index in [1.165, 1.54) is 18.5 Å². The smallest absolute Gasteiger partial charge is 0.133 e. The van der Waals surface area contributed by atoms with Crippen LogP contribution in [0.3, 0.4) is 0 Å². The molecule has 2 aromatic rings. The molecule has 92 valence electrons. The summed E-state index contributed by atoms with van der Waals surface area (Å²) in [5.74, 6) is 0.370. The van der Waals surface area contributed by atoms with Gasteiger partial charge < -0.3 is 10.7 Å². The molecule has 0 unspecified atom stereocenters. The summed E-state index contributed by atoms with van der Waals surface area (Å²) in [6, 6.07) is 5.09. The first kappa shape index (κ1) is 12.2. The number of halogens is 1. The van der Waals surface area contributed by atoms with E-state index in [2.05, 4.69) is 10.3 Å². The van der Waals surface area contributed by atoms with Crippen molar-refractivity contribution in [2.45, 2.75) is 6.92 Å². The molecule has 0 fully saturated rings. The summed E-state index contributed by atoms with van der Waals surface area (Å²) in [5.41, 5.74) is 1.39. The molecule has 0 saturated carbocycles. The minimum absolute atomic E-state index is 0.321. The summed E-state index contributed by atoms with van der Waals surface area (Å²) in [5, 5.41) is 11.5. The second-order valence-electron chi connectivity index (χ2n) is 3.89. The Morgan fingerprint density at radius 2 is 2.17 bits per heavy atom. The number of hydrogen-bond acceptors (Lipinski definition) is 3. The van der Waals surface area contributed by atoms with Crippen LogP contribution in [0.2, 0.25) is 0 Å². The first-order valence-electron chi connectivity index (χ1n) is 5.63. The normalized spacial score (nSPS) is 11.6. The number of nitrogens with zero attached hydrogens (tertiary/aromatic N) is 1. The van der Waals surface area contributed by atoms with E-state index < -0.39 is 0 Å². The van der Waals surface area contributed by atoms with Crippen LogP contribution in [-0.2, 0) is 0 Å². The van der Waals surface area contributed by atoms with E-state index in [9.17, 15) is 4.39 Å². The Kier molecular flexibility index (Phi) is 3.37. The van der Waals surface area contributed by atoms with Gasteiger partial charge in [0, 0.05) is 24.8 Å². The minimum Gasteiger partial charge on any atom is -0.373 e. The van der Waals surface area contributed by atoms with Gasteiger partial charge in [0.15, 0.2) is 0 Å². The van der Waals surface area contributed by atoms with Gasteiger partial charge in [0.25, 0.3) is 0 Å². The lowest BCUT2D eigenvalue weighted by molar-refractivity contribution is 0.639. The largest absolute Gasteiger partial charge is 0.373 e. The van der Waals surface area contributed by atoms with Crippen LogP contribution in [0.4, 0.5) is 10.2 Å². The number of anilines is 1. The molecule has 2 rings (SSSR count). The fraction of sp³-hybridized carbons (Fsp3) is 0.143. The standard InChI is InChI=1S/C14H14FN3/c1-3-9(7-16)10-4-11-6-14(17-2)18-8-12(11)13(15)5-10/h3-8,16H,1-2H3,(H,17,18)/b9-3+,16-7?. The second-order valence-corrected chi connectivity index (χ2v) is 3.89. The Morgan fingerprint density at radius 1 is 1.39 bits per heavy atom. The molecule has 0 aliphatic rings. The van der Waals surface area contributed by atoms with Crippen molar-refractivity contribution in [3.05, 3.63) is 41.9 Å². The van der Waals surface area contributed by atoms with E-state index in [0.717, 1.165) is 5.39 Å². The van der Waals surface area contributed by atoms with Crippen LogP contribution in [0.5, 0.6) is 0 Å². The summed E-state index contributed by atoms with van der Waals surface area (Å²) >= 11 is 0. The van der Waals surface area contributed by atoms with E-state index >= 15 is 0 Å². The van der Waals surface area contributed by atoms with Crippen molar-refractivity contribution < 1.29 is 4.39 Å². The minimum atomic E-state index is -0.321. The van der Waals surface area contributed by atoms with E-state index in [4.69, 9.17) is 5.41 Å². The Labute approximate surface area is 105 Å². The third-order valence-corrected chi connectivity index (χ3v) is 2.84. The fourth-order valence-electron chi connectivity index (χ4n) is 1.85. The van der Waals surface area contributed by atoms with Gasteiger partial charge in [-0.3, -0.25) is 0 Å². The van der Waals surface area contributed by atoms with Crippen LogP contribution in [0, 0.1) is 11.2 Å². The maximum absolute atomic E-state index is 14.0. The van der Waals surface area contributed by atoms with Gasteiger partial charge in [-0.05, 0) is 41.6 Å². The molecule has 18 heavy (non-hydrogen) atoms.